The normalized spacial score (nSPS) is 10.8. The molecule has 4 nitrogen and oxygen atoms in total. The summed E-state index contributed by atoms with van der Waals surface area (Å²) in [6.45, 7) is 2.27. The first-order valence-electron chi connectivity index (χ1n) is 7.41. The first-order valence-corrected chi connectivity index (χ1v) is 8.40. The van der Waals surface area contributed by atoms with E-state index in [-0.39, 0.29) is 22.9 Å². The summed E-state index contributed by atoms with van der Waals surface area (Å²) >= 11 is 1.45. The van der Waals surface area contributed by atoms with Crippen LogP contribution in [0, 0.1) is 0 Å². The van der Waals surface area contributed by atoms with Gasteiger partial charge in [0.1, 0.15) is 0 Å². The van der Waals surface area contributed by atoms with E-state index in [1.54, 1.807) is 18.2 Å². The Balaban J connectivity index is 1.95. The Kier molecular flexibility index (Phi) is 4.57. The first-order chi connectivity index (χ1) is 11.2. The van der Waals surface area contributed by atoms with Crippen LogP contribution in [0.5, 0.6) is 0 Å². The van der Waals surface area contributed by atoms with Gasteiger partial charge in [-0.1, -0.05) is 30.3 Å². The van der Waals surface area contributed by atoms with E-state index in [2.05, 4.69) is 4.98 Å². The number of Topliss-reactive ketones (excluding diaryl/α,β-unsaturated/α-hetero) is 1. The molecule has 0 N–H and O–H groups in total. The molecule has 0 atom stereocenters. The van der Waals surface area contributed by atoms with E-state index in [4.69, 9.17) is 0 Å². The SMILES string of the molecule is CCn1c(C(=O)CSc2ccccc2)nc2ccccc2c1=O. The summed E-state index contributed by atoms with van der Waals surface area (Å²) in [5.74, 6) is 0.359. The van der Waals surface area contributed by atoms with Gasteiger partial charge in [-0.3, -0.25) is 14.2 Å². The van der Waals surface area contributed by atoms with E-state index < -0.39 is 0 Å². The third-order valence-corrected chi connectivity index (χ3v) is 4.55. The van der Waals surface area contributed by atoms with Crippen LogP contribution in [0.4, 0.5) is 0 Å². The molecule has 0 saturated heterocycles. The first kappa shape index (κ1) is 15.5. The molecule has 1 aromatic heterocycles. The molecule has 0 aliphatic heterocycles. The highest BCUT2D eigenvalue weighted by Crippen LogP contribution is 2.18. The highest BCUT2D eigenvalue weighted by atomic mass is 32.2. The third-order valence-electron chi connectivity index (χ3n) is 3.54. The maximum absolute atomic E-state index is 12.6. The van der Waals surface area contributed by atoms with Crippen molar-refractivity contribution in [1.82, 2.24) is 9.55 Å². The van der Waals surface area contributed by atoms with E-state index in [1.165, 1.54) is 16.3 Å². The van der Waals surface area contributed by atoms with E-state index in [9.17, 15) is 9.59 Å². The van der Waals surface area contributed by atoms with Gasteiger partial charge in [0.15, 0.2) is 5.82 Å². The van der Waals surface area contributed by atoms with Crippen LogP contribution in [0.2, 0.25) is 0 Å². The van der Waals surface area contributed by atoms with Crippen LogP contribution in [-0.4, -0.2) is 21.1 Å². The second kappa shape index (κ2) is 6.79. The summed E-state index contributed by atoms with van der Waals surface area (Å²) in [5, 5.41) is 0.543. The van der Waals surface area contributed by atoms with Gasteiger partial charge in [0.25, 0.3) is 5.56 Å². The summed E-state index contributed by atoms with van der Waals surface area (Å²) < 4.78 is 1.45. The van der Waals surface area contributed by atoms with Crippen molar-refractivity contribution >= 4 is 28.4 Å². The standard InChI is InChI=1S/C18H16N2O2S/c1-2-20-17(16(21)12-23-13-8-4-3-5-9-13)19-15-11-7-6-10-14(15)18(20)22/h3-11H,2,12H2,1H3. The minimum atomic E-state index is -0.161. The Hall–Kier alpha value is -2.40. The Bertz CT molecular complexity index is 904. The molecule has 0 aliphatic carbocycles. The van der Waals surface area contributed by atoms with E-state index in [0.29, 0.717) is 17.4 Å². The molecular formula is C18H16N2O2S. The highest BCUT2D eigenvalue weighted by molar-refractivity contribution is 8.00. The van der Waals surface area contributed by atoms with Crippen molar-refractivity contribution in [3.63, 3.8) is 0 Å². The second-order valence-electron chi connectivity index (χ2n) is 5.03. The van der Waals surface area contributed by atoms with Crippen molar-refractivity contribution < 1.29 is 4.79 Å². The predicted octanol–water partition coefficient (Wildman–Crippen LogP) is 3.39. The molecule has 0 saturated carbocycles. The van der Waals surface area contributed by atoms with Gasteiger partial charge in [-0.15, -0.1) is 11.8 Å². The number of aromatic nitrogens is 2. The number of nitrogens with zero attached hydrogens (tertiary/aromatic N) is 2. The molecule has 0 aliphatic rings. The van der Waals surface area contributed by atoms with Crippen molar-refractivity contribution in [3.8, 4) is 0 Å². The fourth-order valence-corrected chi connectivity index (χ4v) is 3.18. The molecule has 0 amide bonds. The molecule has 3 aromatic rings. The maximum Gasteiger partial charge on any atom is 0.261 e. The van der Waals surface area contributed by atoms with Crippen LogP contribution in [0.1, 0.15) is 17.5 Å². The van der Waals surface area contributed by atoms with Crippen molar-refractivity contribution in [3.05, 3.63) is 70.8 Å². The zero-order chi connectivity index (χ0) is 16.2. The van der Waals surface area contributed by atoms with E-state index in [0.717, 1.165) is 4.90 Å². The van der Waals surface area contributed by atoms with Crippen molar-refractivity contribution in [2.45, 2.75) is 18.4 Å². The molecule has 1 heterocycles. The number of fused-ring (bicyclic) bond motifs is 1. The zero-order valence-electron chi connectivity index (χ0n) is 12.7. The van der Waals surface area contributed by atoms with Gasteiger partial charge >= 0.3 is 0 Å². The van der Waals surface area contributed by atoms with Gasteiger partial charge in [-0.05, 0) is 31.2 Å². The number of para-hydroxylation sites is 1. The number of carbonyl (C=O) groups is 1. The van der Waals surface area contributed by atoms with Gasteiger partial charge in [0.2, 0.25) is 5.78 Å². The van der Waals surface area contributed by atoms with Gasteiger partial charge < -0.3 is 0 Å². The Labute approximate surface area is 138 Å². The van der Waals surface area contributed by atoms with Crippen LogP contribution >= 0.6 is 11.8 Å². The Morgan fingerprint density at radius 3 is 2.52 bits per heavy atom. The summed E-state index contributed by atoms with van der Waals surface area (Å²) in [5.41, 5.74) is 0.404. The molecule has 116 valence electrons. The average Bonchev–Trinajstić information content (AvgIpc) is 2.60. The third kappa shape index (κ3) is 3.19. The molecule has 3 rings (SSSR count). The largest absolute Gasteiger partial charge is 0.290 e. The van der Waals surface area contributed by atoms with Gasteiger partial charge in [-0.2, -0.15) is 0 Å². The molecule has 0 radical (unpaired) electrons. The van der Waals surface area contributed by atoms with Gasteiger partial charge in [-0.25, -0.2) is 4.98 Å². The zero-order valence-corrected chi connectivity index (χ0v) is 13.5. The average molecular weight is 324 g/mol. The lowest BCUT2D eigenvalue weighted by molar-refractivity contribution is 0.100. The molecule has 0 bridgehead atoms. The van der Waals surface area contributed by atoms with Crippen LogP contribution in [0.3, 0.4) is 0 Å². The molecule has 0 spiro atoms. The lowest BCUT2D eigenvalue weighted by atomic mass is 10.2. The second-order valence-corrected chi connectivity index (χ2v) is 6.08. The summed E-state index contributed by atoms with van der Waals surface area (Å²) in [6.07, 6.45) is 0. The summed E-state index contributed by atoms with van der Waals surface area (Å²) in [4.78, 5) is 30.5. The molecule has 23 heavy (non-hydrogen) atoms. The number of hydrogen-bond donors (Lipinski definition) is 0. The van der Waals surface area contributed by atoms with Crippen molar-refractivity contribution in [1.29, 1.82) is 0 Å². The highest BCUT2D eigenvalue weighted by Gasteiger charge is 2.16. The molecule has 0 unspecified atom stereocenters. The van der Waals surface area contributed by atoms with Crippen LogP contribution in [-0.2, 0) is 6.54 Å². The van der Waals surface area contributed by atoms with Gasteiger partial charge in [0, 0.05) is 11.4 Å². The van der Waals surface area contributed by atoms with Gasteiger partial charge in [0.05, 0.1) is 16.7 Å². The molecular weight excluding hydrogens is 308 g/mol. The summed E-state index contributed by atoms with van der Waals surface area (Å²) in [6, 6.07) is 16.8. The summed E-state index contributed by atoms with van der Waals surface area (Å²) in [7, 11) is 0. The number of thioether (sulfide) groups is 1. The van der Waals surface area contributed by atoms with Crippen LogP contribution in [0.25, 0.3) is 10.9 Å². The minimum Gasteiger partial charge on any atom is -0.290 e. The fraction of sp³-hybridized carbons (Fsp3) is 0.167. The van der Waals surface area contributed by atoms with E-state index >= 15 is 0 Å². The van der Waals surface area contributed by atoms with Crippen molar-refractivity contribution in [2.75, 3.05) is 5.75 Å². The lowest BCUT2D eigenvalue weighted by Crippen LogP contribution is -2.28. The fourth-order valence-electron chi connectivity index (χ4n) is 2.40. The number of carbonyl (C=O) groups excluding carboxylic acids is 1. The maximum atomic E-state index is 12.6. The molecule has 2 aromatic carbocycles. The van der Waals surface area contributed by atoms with Crippen molar-refractivity contribution in [2.24, 2.45) is 0 Å². The number of rotatable bonds is 5. The minimum absolute atomic E-state index is 0.136. The quantitative estimate of drug-likeness (QED) is 0.533. The Morgan fingerprint density at radius 1 is 1.09 bits per heavy atom. The monoisotopic (exact) mass is 324 g/mol. The van der Waals surface area contributed by atoms with Crippen LogP contribution in [0.15, 0.2) is 64.3 Å². The topological polar surface area (TPSA) is 52.0 Å². The lowest BCUT2D eigenvalue weighted by Gasteiger charge is -2.10. The Morgan fingerprint density at radius 2 is 1.78 bits per heavy atom. The molecule has 5 heteroatoms. The number of ketones is 1. The number of benzene rings is 2. The van der Waals surface area contributed by atoms with Crippen LogP contribution < -0.4 is 5.56 Å². The predicted molar refractivity (Wildman–Crippen MR) is 93.2 cm³/mol. The molecule has 0 fully saturated rings. The smallest absolute Gasteiger partial charge is 0.261 e. The number of hydrogen-bond acceptors (Lipinski definition) is 4. The van der Waals surface area contributed by atoms with E-state index in [1.807, 2.05) is 43.3 Å².